The van der Waals surface area contributed by atoms with E-state index in [9.17, 15) is 0 Å². The molecule has 1 aliphatic rings. The van der Waals surface area contributed by atoms with Gasteiger partial charge in [0.1, 0.15) is 0 Å². The van der Waals surface area contributed by atoms with Crippen LogP contribution in [0.3, 0.4) is 0 Å². The predicted molar refractivity (Wildman–Crippen MR) is 57.1 cm³/mol. The lowest BCUT2D eigenvalue weighted by Gasteiger charge is -2.36. The van der Waals surface area contributed by atoms with Crippen molar-refractivity contribution in [3.8, 4) is 0 Å². The summed E-state index contributed by atoms with van der Waals surface area (Å²) in [4.78, 5) is 4.24. The normalized spacial score (nSPS) is 28.5. The fraction of sp³-hybridized carbons (Fsp3) is 0.727. The van der Waals surface area contributed by atoms with Crippen molar-refractivity contribution in [2.45, 2.75) is 38.6 Å². The zero-order valence-electron chi connectivity index (χ0n) is 8.98. The lowest BCUT2D eigenvalue weighted by molar-refractivity contribution is 0.196. The van der Waals surface area contributed by atoms with E-state index < -0.39 is 0 Å². The van der Waals surface area contributed by atoms with Crippen LogP contribution in [0.25, 0.3) is 0 Å². The molecule has 0 aromatic carbocycles. The molecule has 0 aliphatic heterocycles. The first-order valence-electron chi connectivity index (χ1n) is 5.45. The Balaban J connectivity index is 2.21. The van der Waals surface area contributed by atoms with Crippen LogP contribution in [0.4, 0.5) is 0 Å². The lowest BCUT2D eigenvalue weighted by atomic mass is 9.80. The Hall–Kier alpha value is -0.830. The highest BCUT2D eigenvalue weighted by molar-refractivity contribution is 5.08. The van der Waals surface area contributed by atoms with Crippen molar-refractivity contribution in [1.29, 1.82) is 0 Å². The smallest absolute Gasteiger partial charge is 0.0950 e. The van der Waals surface area contributed by atoms with Crippen LogP contribution < -0.4 is 5.73 Å². The van der Waals surface area contributed by atoms with E-state index in [-0.39, 0.29) is 0 Å². The maximum atomic E-state index is 5.69. The van der Waals surface area contributed by atoms with Crippen LogP contribution in [-0.4, -0.2) is 16.1 Å². The second-order valence-electron chi connectivity index (χ2n) is 4.48. The molecule has 1 saturated carbocycles. The van der Waals surface area contributed by atoms with Gasteiger partial charge in [-0.3, -0.25) is 0 Å². The molecule has 3 unspecified atom stereocenters. The summed E-state index contributed by atoms with van der Waals surface area (Å²) in [5.41, 5.74) is 6.98. The first-order valence-corrected chi connectivity index (χ1v) is 5.45. The minimum atomic E-state index is 0.422. The fourth-order valence-electron chi connectivity index (χ4n) is 2.16. The van der Waals surface area contributed by atoms with Crippen LogP contribution in [0.1, 0.15) is 44.3 Å². The van der Waals surface area contributed by atoms with Gasteiger partial charge in [-0.25, -0.2) is 4.98 Å². The molecular weight excluding hydrogens is 174 g/mol. The Morgan fingerprint density at radius 2 is 2.43 bits per heavy atom. The summed E-state index contributed by atoms with van der Waals surface area (Å²) in [6.07, 6.45) is 6.56. The maximum absolute atomic E-state index is 5.69. The molecule has 3 heteroatoms. The molecule has 0 spiro atoms. The van der Waals surface area contributed by atoms with Gasteiger partial charge >= 0.3 is 0 Å². The number of nitrogens with two attached hydrogens (primary N) is 1. The van der Waals surface area contributed by atoms with Crippen molar-refractivity contribution in [2.24, 2.45) is 11.7 Å². The number of rotatable bonds is 3. The molecule has 0 amide bonds. The number of aromatic nitrogens is 2. The molecule has 78 valence electrons. The largest absolute Gasteiger partial charge is 0.331 e. The quantitative estimate of drug-likeness (QED) is 0.797. The minimum absolute atomic E-state index is 0.422. The van der Waals surface area contributed by atoms with Crippen molar-refractivity contribution in [1.82, 2.24) is 9.55 Å². The number of hydrogen-bond acceptors (Lipinski definition) is 2. The number of nitrogens with zero attached hydrogens (tertiary/aromatic N) is 2. The average Bonchev–Trinajstić information content (AvgIpc) is 2.63. The Kier molecular flexibility index (Phi) is 2.59. The Bertz CT molecular complexity index is 305. The highest BCUT2D eigenvalue weighted by atomic mass is 15.1. The topological polar surface area (TPSA) is 43.8 Å². The van der Waals surface area contributed by atoms with Gasteiger partial charge in [0.2, 0.25) is 0 Å². The molecule has 1 aromatic heterocycles. The second kappa shape index (κ2) is 3.73. The van der Waals surface area contributed by atoms with E-state index in [1.54, 1.807) is 0 Å². The first-order chi connectivity index (χ1) is 6.74. The summed E-state index contributed by atoms with van der Waals surface area (Å²) in [5, 5.41) is 0. The van der Waals surface area contributed by atoms with Gasteiger partial charge in [0.25, 0.3) is 0 Å². The fourth-order valence-corrected chi connectivity index (χ4v) is 2.16. The standard InChI is InChI=1S/C11H19N3/c1-8-3-4-10(8)14-7-13-6-11(14)9(2)5-12/h6-10H,3-5,12H2,1-2H3. The average molecular weight is 193 g/mol. The van der Waals surface area contributed by atoms with E-state index in [1.165, 1.54) is 18.5 Å². The zero-order chi connectivity index (χ0) is 10.1. The second-order valence-corrected chi connectivity index (χ2v) is 4.48. The Labute approximate surface area is 85.3 Å². The summed E-state index contributed by atoms with van der Waals surface area (Å²) < 4.78 is 2.33. The Morgan fingerprint density at radius 1 is 1.64 bits per heavy atom. The third-order valence-corrected chi connectivity index (χ3v) is 3.49. The summed E-state index contributed by atoms with van der Waals surface area (Å²) >= 11 is 0. The van der Waals surface area contributed by atoms with Gasteiger partial charge in [0.05, 0.1) is 6.33 Å². The van der Waals surface area contributed by atoms with E-state index in [2.05, 4.69) is 23.4 Å². The lowest BCUT2D eigenvalue weighted by Crippen LogP contribution is -2.28. The molecule has 1 fully saturated rings. The molecule has 3 atom stereocenters. The SMILES string of the molecule is CC(CN)c1cncn1C1CCC1C. The minimum Gasteiger partial charge on any atom is -0.331 e. The summed E-state index contributed by atoms with van der Waals surface area (Å²) in [7, 11) is 0. The first kappa shape index (κ1) is 9.71. The molecule has 3 nitrogen and oxygen atoms in total. The molecule has 2 N–H and O–H groups in total. The van der Waals surface area contributed by atoms with Crippen LogP contribution in [0.2, 0.25) is 0 Å². The van der Waals surface area contributed by atoms with Crippen LogP contribution in [0.15, 0.2) is 12.5 Å². The van der Waals surface area contributed by atoms with Crippen molar-refractivity contribution < 1.29 is 0 Å². The van der Waals surface area contributed by atoms with E-state index >= 15 is 0 Å². The molecule has 0 bridgehead atoms. The summed E-state index contributed by atoms with van der Waals surface area (Å²) in [6.45, 7) is 5.18. The molecule has 0 saturated heterocycles. The molecular formula is C11H19N3. The van der Waals surface area contributed by atoms with Crippen molar-refractivity contribution >= 4 is 0 Å². The number of hydrogen-bond donors (Lipinski definition) is 1. The van der Waals surface area contributed by atoms with Crippen LogP contribution in [-0.2, 0) is 0 Å². The maximum Gasteiger partial charge on any atom is 0.0950 e. The number of imidazole rings is 1. The van der Waals surface area contributed by atoms with Crippen molar-refractivity contribution in [2.75, 3.05) is 6.54 Å². The molecule has 1 aliphatic carbocycles. The third kappa shape index (κ3) is 1.46. The van der Waals surface area contributed by atoms with E-state index in [1.807, 2.05) is 12.5 Å². The molecule has 14 heavy (non-hydrogen) atoms. The van der Waals surface area contributed by atoms with Crippen LogP contribution in [0, 0.1) is 5.92 Å². The van der Waals surface area contributed by atoms with E-state index in [0.29, 0.717) is 18.5 Å². The molecule has 1 aromatic rings. The summed E-state index contributed by atoms with van der Waals surface area (Å²) in [5.74, 6) is 1.22. The van der Waals surface area contributed by atoms with Crippen LogP contribution in [0.5, 0.6) is 0 Å². The van der Waals surface area contributed by atoms with E-state index in [0.717, 1.165) is 5.92 Å². The van der Waals surface area contributed by atoms with Gasteiger partial charge in [0, 0.05) is 30.4 Å². The van der Waals surface area contributed by atoms with Gasteiger partial charge in [-0.2, -0.15) is 0 Å². The van der Waals surface area contributed by atoms with Crippen molar-refractivity contribution in [3.05, 3.63) is 18.2 Å². The highest BCUT2D eigenvalue weighted by Crippen LogP contribution is 2.39. The molecule has 0 radical (unpaired) electrons. The third-order valence-electron chi connectivity index (χ3n) is 3.49. The monoisotopic (exact) mass is 193 g/mol. The van der Waals surface area contributed by atoms with Crippen molar-refractivity contribution in [3.63, 3.8) is 0 Å². The zero-order valence-corrected chi connectivity index (χ0v) is 8.98. The van der Waals surface area contributed by atoms with Gasteiger partial charge in [0.15, 0.2) is 0 Å². The molecule has 2 rings (SSSR count). The Morgan fingerprint density at radius 3 is 2.93 bits per heavy atom. The van der Waals surface area contributed by atoms with E-state index in [4.69, 9.17) is 5.73 Å². The predicted octanol–water partition coefficient (Wildman–Crippen LogP) is 1.92. The molecule has 1 heterocycles. The van der Waals surface area contributed by atoms with Gasteiger partial charge in [-0.1, -0.05) is 13.8 Å². The van der Waals surface area contributed by atoms with Crippen LogP contribution >= 0.6 is 0 Å². The van der Waals surface area contributed by atoms with Gasteiger partial charge < -0.3 is 10.3 Å². The van der Waals surface area contributed by atoms with Gasteiger partial charge in [-0.15, -0.1) is 0 Å². The van der Waals surface area contributed by atoms with Gasteiger partial charge in [-0.05, 0) is 18.8 Å². The highest BCUT2D eigenvalue weighted by Gasteiger charge is 2.30. The summed E-state index contributed by atoms with van der Waals surface area (Å²) in [6, 6.07) is 0.668.